The zero-order chi connectivity index (χ0) is 12.5. The van der Waals surface area contributed by atoms with E-state index < -0.39 is 6.10 Å². The first-order chi connectivity index (χ1) is 8.74. The smallest absolute Gasteiger partial charge is 0.131 e. The van der Waals surface area contributed by atoms with Crippen LogP contribution in [0.15, 0.2) is 42.7 Å². The van der Waals surface area contributed by atoms with Gasteiger partial charge in [0, 0.05) is 11.6 Å². The molecule has 0 amide bonds. The van der Waals surface area contributed by atoms with E-state index in [1.54, 1.807) is 12.4 Å². The molecule has 90 valence electrons. The third kappa shape index (κ3) is 2.10. The summed E-state index contributed by atoms with van der Waals surface area (Å²) in [5.41, 5.74) is 1.70. The van der Waals surface area contributed by atoms with Crippen LogP contribution in [0.4, 0.5) is 0 Å². The number of aromatic nitrogens is 2. The van der Waals surface area contributed by atoms with Crippen LogP contribution in [0.25, 0.3) is 10.9 Å². The van der Waals surface area contributed by atoms with Crippen molar-refractivity contribution in [3.05, 3.63) is 57.6 Å². The molecule has 0 spiro atoms. The number of fused-ring (bicyclic) bond motifs is 1. The summed E-state index contributed by atoms with van der Waals surface area (Å²) in [6.07, 6.45) is 2.55. The van der Waals surface area contributed by atoms with Gasteiger partial charge in [-0.15, -0.1) is 11.3 Å². The lowest BCUT2D eigenvalue weighted by Gasteiger charge is -2.08. The van der Waals surface area contributed by atoms with Crippen LogP contribution in [0.3, 0.4) is 0 Å². The van der Waals surface area contributed by atoms with E-state index in [2.05, 4.69) is 9.97 Å². The number of benzene rings is 1. The summed E-state index contributed by atoms with van der Waals surface area (Å²) in [4.78, 5) is 8.34. The average Bonchev–Trinajstić information content (AvgIpc) is 2.84. The third-order valence-electron chi connectivity index (χ3n) is 2.67. The van der Waals surface area contributed by atoms with E-state index in [-0.39, 0.29) is 0 Å². The minimum absolute atomic E-state index is 0.575. The molecule has 3 nitrogen and oxygen atoms in total. The molecule has 18 heavy (non-hydrogen) atoms. The van der Waals surface area contributed by atoms with E-state index in [9.17, 15) is 5.11 Å². The van der Waals surface area contributed by atoms with Crippen molar-refractivity contribution in [2.24, 2.45) is 0 Å². The number of hydrogen-bond donors (Lipinski definition) is 1. The molecule has 0 fully saturated rings. The van der Waals surface area contributed by atoms with Gasteiger partial charge in [-0.2, -0.15) is 0 Å². The topological polar surface area (TPSA) is 46.0 Å². The van der Waals surface area contributed by atoms with E-state index in [0.717, 1.165) is 16.5 Å². The van der Waals surface area contributed by atoms with Crippen LogP contribution in [0.1, 0.15) is 16.7 Å². The van der Waals surface area contributed by atoms with Gasteiger partial charge in [-0.1, -0.05) is 23.7 Å². The second kappa shape index (κ2) is 4.65. The van der Waals surface area contributed by atoms with Gasteiger partial charge < -0.3 is 5.11 Å². The SMILES string of the molecule is OC(c1ccc2ncccc2c1)c1ncc(Cl)s1. The van der Waals surface area contributed by atoms with E-state index in [1.807, 2.05) is 30.3 Å². The molecule has 3 aromatic rings. The maximum Gasteiger partial charge on any atom is 0.131 e. The first-order valence-electron chi connectivity index (χ1n) is 5.38. The van der Waals surface area contributed by atoms with Crippen molar-refractivity contribution in [1.29, 1.82) is 0 Å². The summed E-state index contributed by atoms with van der Waals surface area (Å²) in [5, 5.41) is 11.8. The van der Waals surface area contributed by atoms with Crippen molar-refractivity contribution < 1.29 is 5.11 Å². The number of pyridine rings is 1. The Kier molecular flexibility index (Phi) is 2.99. The first kappa shape index (κ1) is 11.6. The Balaban J connectivity index is 2.03. The fourth-order valence-electron chi connectivity index (χ4n) is 1.80. The number of thiazole rings is 1. The number of aliphatic hydroxyl groups excluding tert-OH is 1. The van der Waals surface area contributed by atoms with Crippen LogP contribution in [-0.4, -0.2) is 15.1 Å². The van der Waals surface area contributed by atoms with Gasteiger partial charge in [0.05, 0.1) is 11.7 Å². The summed E-state index contributed by atoms with van der Waals surface area (Å²) in [7, 11) is 0. The molecule has 5 heteroatoms. The molecule has 0 saturated heterocycles. The fourth-order valence-corrected chi connectivity index (χ4v) is 2.74. The summed E-state index contributed by atoms with van der Waals surface area (Å²) in [6, 6.07) is 9.51. The van der Waals surface area contributed by atoms with Gasteiger partial charge in [0.2, 0.25) is 0 Å². The molecular weight excluding hydrogens is 268 g/mol. The molecule has 2 aromatic heterocycles. The zero-order valence-corrected chi connectivity index (χ0v) is 10.8. The predicted octanol–water partition coefficient (Wildman–Crippen LogP) is 3.43. The van der Waals surface area contributed by atoms with E-state index in [0.29, 0.717) is 9.34 Å². The molecule has 0 bridgehead atoms. The number of rotatable bonds is 2. The minimum atomic E-state index is -0.743. The van der Waals surface area contributed by atoms with Crippen molar-refractivity contribution in [2.75, 3.05) is 0 Å². The van der Waals surface area contributed by atoms with Gasteiger partial charge in [-0.3, -0.25) is 4.98 Å². The highest BCUT2D eigenvalue weighted by Crippen LogP contribution is 2.29. The van der Waals surface area contributed by atoms with Crippen LogP contribution in [0.2, 0.25) is 4.34 Å². The molecule has 0 aliphatic carbocycles. The molecule has 0 saturated carbocycles. The van der Waals surface area contributed by atoms with Crippen molar-refractivity contribution in [3.8, 4) is 0 Å². The van der Waals surface area contributed by atoms with E-state index in [4.69, 9.17) is 11.6 Å². The molecule has 1 atom stereocenters. The molecule has 3 rings (SSSR count). The lowest BCUT2D eigenvalue weighted by atomic mass is 10.1. The molecule has 2 heterocycles. The van der Waals surface area contributed by atoms with Crippen LogP contribution < -0.4 is 0 Å². The fraction of sp³-hybridized carbons (Fsp3) is 0.0769. The second-order valence-electron chi connectivity index (χ2n) is 3.86. The second-order valence-corrected chi connectivity index (χ2v) is 5.55. The van der Waals surface area contributed by atoms with Gasteiger partial charge in [-0.05, 0) is 23.8 Å². The molecule has 0 aliphatic heterocycles. The molecular formula is C13H9ClN2OS. The number of halogens is 1. The van der Waals surface area contributed by atoms with Gasteiger partial charge in [0.1, 0.15) is 15.4 Å². The first-order valence-corrected chi connectivity index (χ1v) is 6.57. The van der Waals surface area contributed by atoms with Gasteiger partial charge in [0.15, 0.2) is 0 Å². The van der Waals surface area contributed by atoms with E-state index in [1.165, 1.54) is 11.3 Å². The molecule has 1 unspecified atom stereocenters. The minimum Gasteiger partial charge on any atom is -0.381 e. The quantitative estimate of drug-likeness (QED) is 0.780. The predicted molar refractivity (Wildman–Crippen MR) is 72.9 cm³/mol. The largest absolute Gasteiger partial charge is 0.381 e. The maximum atomic E-state index is 10.2. The Morgan fingerprint density at radius 2 is 2.11 bits per heavy atom. The molecule has 0 aliphatic rings. The Morgan fingerprint density at radius 1 is 1.22 bits per heavy atom. The Labute approximate surface area is 113 Å². The number of hydrogen-bond acceptors (Lipinski definition) is 4. The van der Waals surface area contributed by atoms with Crippen molar-refractivity contribution in [1.82, 2.24) is 9.97 Å². The zero-order valence-electron chi connectivity index (χ0n) is 9.25. The monoisotopic (exact) mass is 276 g/mol. The van der Waals surface area contributed by atoms with Crippen LogP contribution in [-0.2, 0) is 0 Å². The van der Waals surface area contributed by atoms with E-state index >= 15 is 0 Å². The Morgan fingerprint density at radius 3 is 2.89 bits per heavy atom. The van der Waals surface area contributed by atoms with Gasteiger partial charge in [-0.25, -0.2) is 4.98 Å². The Bertz CT molecular complexity index is 698. The standard InChI is InChI=1S/C13H9ClN2OS/c14-11-7-16-13(18-11)12(17)9-3-4-10-8(6-9)2-1-5-15-10/h1-7,12,17H. The van der Waals surface area contributed by atoms with Gasteiger partial charge >= 0.3 is 0 Å². The number of nitrogens with zero attached hydrogens (tertiary/aromatic N) is 2. The highest BCUT2D eigenvalue weighted by molar-refractivity contribution is 7.15. The summed E-state index contributed by atoms with van der Waals surface area (Å²) in [5.74, 6) is 0. The van der Waals surface area contributed by atoms with Crippen molar-refractivity contribution >= 4 is 33.8 Å². The van der Waals surface area contributed by atoms with Crippen LogP contribution in [0, 0.1) is 0 Å². The van der Waals surface area contributed by atoms with Crippen molar-refractivity contribution in [3.63, 3.8) is 0 Å². The Hall–Kier alpha value is -1.49. The highest BCUT2D eigenvalue weighted by Gasteiger charge is 2.14. The third-order valence-corrected chi connectivity index (χ3v) is 3.84. The normalized spacial score (nSPS) is 12.8. The summed E-state index contributed by atoms with van der Waals surface area (Å²) in [6.45, 7) is 0. The van der Waals surface area contributed by atoms with Gasteiger partial charge in [0.25, 0.3) is 0 Å². The molecule has 1 aromatic carbocycles. The highest BCUT2D eigenvalue weighted by atomic mass is 35.5. The van der Waals surface area contributed by atoms with Crippen LogP contribution >= 0.6 is 22.9 Å². The van der Waals surface area contributed by atoms with Crippen LogP contribution in [0.5, 0.6) is 0 Å². The summed E-state index contributed by atoms with van der Waals surface area (Å²) >= 11 is 7.11. The molecule has 0 radical (unpaired) electrons. The average molecular weight is 277 g/mol. The lowest BCUT2D eigenvalue weighted by molar-refractivity contribution is 0.220. The number of aliphatic hydroxyl groups is 1. The molecule has 1 N–H and O–H groups in total. The van der Waals surface area contributed by atoms with Crippen molar-refractivity contribution in [2.45, 2.75) is 6.10 Å². The maximum absolute atomic E-state index is 10.2. The summed E-state index contributed by atoms with van der Waals surface area (Å²) < 4.78 is 0.575. The lowest BCUT2D eigenvalue weighted by Crippen LogP contribution is -1.98.